The minimum absolute atomic E-state index is 0.164. The van der Waals surface area contributed by atoms with Crippen LogP contribution in [0.5, 0.6) is 11.5 Å². The van der Waals surface area contributed by atoms with E-state index in [1.165, 1.54) is 36.4 Å². The van der Waals surface area contributed by atoms with E-state index in [-0.39, 0.29) is 23.7 Å². The summed E-state index contributed by atoms with van der Waals surface area (Å²) >= 11 is 5.86. The highest BCUT2D eigenvalue weighted by molar-refractivity contribution is 6.30. The van der Waals surface area contributed by atoms with Crippen LogP contribution in [0.4, 0.5) is 5.69 Å². The molecule has 0 fully saturated rings. The van der Waals surface area contributed by atoms with Gasteiger partial charge < -0.3 is 19.5 Å². The molecule has 0 aliphatic carbocycles. The molecule has 0 aliphatic rings. The number of anilines is 1. The Morgan fingerprint density at radius 3 is 2.16 bits per heavy atom. The van der Waals surface area contributed by atoms with Gasteiger partial charge in [-0.1, -0.05) is 17.7 Å². The van der Waals surface area contributed by atoms with Crippen molar-refractivity contribution < 1.29 is 28.6 Å². The number of ether oxygens (including phenoxy) is 3. The SMILES string of the molecule is CCOC(=O)c1ccc(NC(=O)/C(C#N)=C/c2ccc(OC(=O)c3ccc(Cl)cc3)c(OCC)c2)cc1. The fourth-order valence-corrected chi connectivity index (χ4v) is 3.26. The molecular weight excluding hydrogens is 496 g/mol. The third-order valence-corrected chi connectivity index (χ3v) is 5.13. The van der Waals surface area contributed by atoms with Gasteiger partial charge in [0.2, 0.25) is 0 Å². The van der Waals surface area contributed by atoms with E-state index in [9.17, 15) is 19.6 Å². The number of halogens is 1. The quantitative estimate of drug-likeness (QED) is 0.168. The zero-order chi connectivity index (χ0) is 26.8. The number of amides is 1. The van der Waals surface area contributed by atoms with Crippen LogP contribution in [0, 0.1) is 11.3 Å². The van der Waals surface area contributed by atoms with Crippen molar-refractivity contribution in [2.45, 2.75) is 13.8 Å². The molecule has 8 nitrogen and oxygen atoms in total. The largest absolute Gasteiger partial charge is 0.490 e. The second-order valence-electron chi connectivity index (χ2n) is 7.46. The van der Waals surface area contributed by atoms with Crippen LogP contribution in [0.3, 0.4) is 0 Å². The Morgan fingerprint density at radius 1 is 0.892 bits per heavy atom. The highest BCUT2D eigenvalue weighted by atomic mass is 35.5. The van der Waals surface area contributed by atoms with E-state index in [1.54, 1.807) is 50.2 Å². The number of nitriles is 1. The number of esters is 2. The highest BCUT2D eigenvalue weighted by Gasteiger charge is 2.15. The molecule has 0 saturated heterocycles. The van der Waals surface area contributed by atoms with Crippen LogP contribution in [0.1, 0.15) is 40.1 Å². The average molecular weight is 519 g/mol. The fourth-order valence-electron chi connectivity index (χ4n) is 3.13. The maximum atomic E-state index is 12.7. The van der Waals surface area contributed by atoms with E-state index in [1.807, 2.05) is 6.07 Å². The lowest BCUT2D eigenvalue weighted by Crippen LogP contribution is -2.13. The number of benzene rings is 3. The van der Waals surface area contributed by atoms with E-state index in [4.69, 9.17) is 25.8 Å². The predicted molar refractivity (Wildman–Crippen MR) is 139 cm³/mol. The first kappa shape index (κ1) is 27.0. The highest BCUT2D eigenvalue weighted by Crippen LogP contribution is 2.30. The van der Waals surface area contributed by atoms with Crippen LogP contribution in [-0.4, -0.2) is 31.1 Å². The topological polar surface area (TPSA) is 115 Å². The van der Waals surface area contributed by atoms with Crippen molar-refractivity contribution in [2.24, 2.45) is 0 Å². The Bertz CT molecular complexity index is 1360. The molecule has 0 unspecified atom stereocenters. The first-order valence-electron chi connectivity index (χ1n) is 11.3. The molecule has 3 aromatic carbocycles. The van der Waals surface area contributed by atoms with Crippen molar-refractivity contribution >= 4 is 41.2 Å². The lowest BCUT2D eigenvalue weighted by atomic mass is 10.1. The Kier molecular flexibility index (Phi) is 9.41. The number of nitrogens with zero attached hydrogens (tertiary/aromatic N) is 1. The number of carbonyl (C=O) groups is 3. The average Bonchev–Trinajstić information content (AvgIpc) is 2.89. The lowest BCUT2D eigenvalue weighted by molar-refractivity contribution is -0.112. The number of carbonyl (C=O) groups excluding carboxylic acids is 3. The zero-order valence-electron chi connectivity index (χ0n) is 20.1. The molecule has 0 bridgehead atoms. The molecule has 0 atom stereocenters. The Hall–Kier alpha value is -4.61. The molecule has 188 valence electrons. The van der Waals surface area contributed by atoms with Gasteiger partial charge in [-0.25, -0.2) is 9.59 Å². The van der Waals surface area contributed by atoms with Crippen LogP contribution >= 0.6 is 11.6 Å². The summed E-state index contributed by atoms with van der Waals surface area (Å²) in [6.45, 7) is 4.03. The summed E-state index contributed by atoms with van der Waals surface area (Å²) < 4.78 is 16.0. The first-order chi connectivity index (χ1) is 17.8. The normalized spacial score (nSPS) is 10.7. The maximum Gasteiger partial charge on any atom is 0.343 e. The molecule has 0 aliphatic heterocycles. The monoisotopic (exact) mass is 518 g/mol. The zero-order valence-corrected chi connectivity index (χ0v) is 20.9. The minimum Gasteiger partial charge on any atom is -0.490 e. The molecule has 9 heteroatoms. The first-order valence-corrected chi connectivity index (χ1v) is 11.7. The molecule has 37 heavy (non-hydrogen) atoms. The Morgan fingerprint density at radius 2 is 1.54 bits per heavy atom. The molecule has 0 aromatic heterocycles. The Balaban J connectivity index is 1.76. The van der Waals surface area contributed by atoms with Gasteiger partial charge in [0.25, 0.3) is 5.91 Å². The fraction of sp³-hybridized carbons (Fsp3) is 0.143. The van der Waals surface area contributed by atoms with Gasteiger partial charge in [0, 0.05) is 10.7 Å². The molecule has 3 aromatic rings. The summed E-state index contributed by atoms with van der Waals surface area (Å²) in [6, 6.07) is 18.9. The standard InChI is InChI=1S/C28H23ClN2O6/c1-3-35-25-16-18(5-14-24(25)37-28(34)20-6-10-22(29)11-7-20)15-21(17-30)26(32)31-23-12-8-19(9-13-23)27(33)36-4-2/h5-16H,3-4H2,1-2H3,(H,31,32)/b21-15+. The summed E-state index contributed by atoms with van der Waals surface area (Å²) in [6.07, 6.45) is 1.38. The van der Waals surface area contributed by atoms with Crippen molar-refractivity contribution in [3.63, 3.8) is 0 Å². The van der Waals surface area contributed by atoms with Gasteiger partial charge in [-0.3, -0.25) is 4.79 Å². The number of rotatable bonds is 9. The lowest BCUT2D eigenvalue weighted by Gasteiger charge is -2.12. The molecule has 0 radical (unpaired) electrons. The van der Waals surface area contributed by atoms with E-state index in [0.717, 1.165) is 0 Å². The van der Waals surface area contributed by atoms with E-state index < -0.39 is 17.8 Å². The second kappa shape index (κ2) is 12.9. The van der Waals surface area contributed by atoms with Crippen LogP contribution in [0.25, 0.3) is 6.08 Å². The third kappa shape index (κ3) is 7.43. The molecule has 1 amide bonds. The molecule has 0 saturated carbocycles. The van der Waals surface area contributed by atoms with E-state index >= 15 is 0 Å². The molecule has 3 rings (SSSR count). The van der Waals surface area contributed by atoms with Gasteiger partial charge in [-0.05, 0) is 86.2 Å². The Labute approximate surface area is 219 Å². The smallest absolute Gasteiger partial charge is 0.343 e. The summed E-state index contributed by atoms with van der Waals surface area (Å²) in [4.78, 5) is 36.9. The predicted octanol–water partition coefficient (Wildman–Crippen LogP) is 5.68. The third-order valence-electron chi connectivity index (χ3n) is 4.88. The number of hydrogen-bond acceptors (Lipinski definition) is 7. The summed E-state index contributed by atoms with van der Waals surface area (Å²) in [5.41, 5.74) is 1.38. The summed E-state index contributed by atoms with van der Waals surface area (Å²) in [5.74, 6) is -1.24. The van der Waals surface area contributed by atoms with Crippen molar-refractivity contribution in [1.29, 1.82) is 5.26 Å². The van der Waals surface area contributed by atoms with Crippen LogP contribution in [-0.2, 0) is 9.53 Å². The maximum absolute atomic E-state index is 12.7. The number of nitrogens with one attached hydrogen (secondary N) is 1. The van der Waals surface area contributed by atoms with Gasteiger partial charge in [0.15, 0.2) is 11.5 Å². The van der Waals surface area contributed by atoms with Crippen molar-refractivity contribution in [1.82, 2.24) is 0 Å². The van der Waals surface area contributed by atoms with Gasteiger partial charge >= 0.3 is 11.9 Å². The summed E-state index contributed by atoms with van der Waals surface area (Å²) in [5, 5.41) is 12.7. The van der Waals surface area contributed by atoms with Crippen molar-refractivity contribution in [2.75, 3.05) is 18.5 Å². The van der Waals surface area contributed by atoms with E-state index in [0.29, 0.717) is 34.0 Å². The minimum atomic E-state index is -0.636. The number of hydrogen-bond donors (Lipinski definition) is 1. The van der Waals surface area contributed by atoms with Gasteiger partial charge in [-0.15, -0.1) is 0 Å². The van der Waals surface area contributed by atoms with Gasteiger partial charge in [-0.2, -0.15) is 5.26 Å². The van der Waals surface area contributed by atoms with Crippen molar-refractivity contribution in [3.8, 4) is 17.6 Å². The van der Waals surface area contributed by atoms with Crippen LogP contribution in [0.15, 0.2) is 72.3 Å². The molecule has 1 N–H and O–H groups in total. The molecule has 0 heterocycles. The van der Waals surface area contributed by atoms with Crippen LogP contribution < -0.4 is 14.8 Å². The van der Waals surface area contributed by atoms with Crippen molar-refractivity contribution in [3.05, 3.63) is 94.0 Å². The molecular formula is C28H23ClN2O6. The molecule has 0 spiro atoms. The summed E-state index contributed by atoms with van der Waals surface area (Å²) in [7, 11) is 0. The van der Waals surface area contributed by atoms with Crippen LogP contribution in [0.2, 0.25) is 5.02 Å². The van der Waals surface area contributed by atoms with Gasteiger partial charge in [0.05, 0.1) is 24.3 Å². The second-order valence-corrected chi connectivity index (χ2v) is 7.89. The van der Waals surface area contributed by atoms with E-state index in [2.05, 4.69) is 5.32 Å². The van der Waals surface area contributed by atoms with Gasteiger partial charge in [0.1, 0.15) is 11.6 Å².